The topological polar surface area (TPSA) is 79.0 Å². The lowest BCUT2D eigenvalue weighted by Gasteiger charge is -2.35. The first-order chi connectivity index (χ1) is 13.5. The molecule has 3 rings (SSSR count). The van der Waals surface area contributed by atoms with Gasteiger partial charge in [-0.1, -0.05) is 6.07 Å². The number of ether oxygens (including phenoxy) is 1. The minimum atomic E-state index is -0.185. The van der Waals surface area contributed by atoms with E-state index in [0.29, 0.717) is 48.7 Å². The van der Waals surface area contributed by atoms with Crippen LogP contribution in [0, 0.1) is 0 Å². The molecule has 2 aromatic rings. The third-order valence-electron chi connectivity index (χ3n) is 4.62. The van der Waals surface area contributed by atoms with Crippen LogP contribution >= 0.6 is 0 Å². The summed E-state index contributed by atoms with van der Waals surface area (Å²) >= 11 is 0. The summed E-state index contributed by atoms with van der Waals surface area (Å²) in [6.45, 7) is 3.30. The molecule has 1 saturated heterocycles. The van der Waals surface area contributed by atoms with Crippen LogP contribution in [0.4, 0.5) is 5.69 Å². The molecule has 0 radical (unpaired) electrons. The molecule has 28 heavy (non-hydrogen) atoms. The number of hydrogen-bond acceptors (Lipinski definition) is 4. The van der Waals surface area contributed by atoms with Gasteiger partial charge in [-0.3, -0.25) is 14.4 Å². The number of benzene rings is 2. The molecule has 0 saturated carbocycles. The van der Waals surface area contributed by atoms with Crippen molar-refractivity contribution in [3.05, 3.63) is 59.7 Å². The number of hydrogen-bond donors (Lipinski definition) is 1. The minimum Gasteiger partial charge on any atom is -0.497 e. The van der Waals surface area contributed by atoms with E-state index in [1.165, 1.54) is 6.92 Å². The van der Waals surface area contributed by atoms with Gasteiger partial charge < -0.3 is 19.9 Å². The lowest BCUT2D eigenvalue weighted by Crippen LogP contribution is -2.50. The van der Waals surface area contributed by atoms with E-state index in [0.717, 1.165) is 0 Å². The van der Waals surface area contributed by atoms with Crippen LogP contribution in [0.5, 0.6) is 5.75 Å². The lowest BCUT2D eigenvalue weighted by atomic mass is 10.1. The summed E-state index contributed by atoms with van der Waals surface area (Å²) in [5.74, 6) is 0.356. The molecule has 0 spiro atoms. The second-order valence-electron chi connectivity index (χ2n) is 6.57. The van der Waals surface area contributed by atoms with E-state index in [4.69, 9.17) is 4.74 Å². The van der Waals surface area contributed by atoms with E-state index in [1.54, 1.807) is 65.4 Å². The van der Waals surface area contributed by atoms with Crippen molar-refractivity contribution in [2.45, 2.75) is 6.92 Å². The summed E-state index contributed by atoms with van der Waals surface area (Å²) in [5.41, 5.74) is 1.71. The Bertz CT molecular complexity index is 871. The highest BCUT2D eigenvalue weighted by Crippen LogP contribution is 2.17. The Hall–Kier alpha value is -3.35. The average Bonchev–Trinajstić information content (AvgIpc) is 2.72. The van der Waals surface area contributed by atoms with Crippen molar-refractivity contribution in [3.63, 3.8) is 0 Å². The molecule has 0 unspecified atom stereocenters. The third-order valence-corrected chi connectivity index (χ3v) is 4.62. The van der Waals surface area contributed by atoms with Crippen molar-refractivity contribution in [1.29, 1.82) is 0 Å². The zero-order chi connectivity index (χ0) is 20.1. The molecule has 3 amide bonds. The normalized spacial score (nSPS) is 13.8. The summed E-state index contributed by atoms with van der Waals surface area (Å²) in [7, 11) is 1.58. The molecule has 2 aromatic carbocycles. The van der Waals surface area contributed by atoms with Crippen LogP contribution in [-0.4, -0.2) is 60.8 Å². The summed E-state index contributed by atoms with van der Waals surface area (Å²) in [4.78, 5) is 40.1. The highest BCUT2D eigenvalue weighted by Gasteiger charge is 2.25. The van der Waals surface area contributed by atoms with Crippen molar-refractivity contribution in [1.82, 2.24) is 9.80 Å². The average molecular weight is 381 g/mol. The van der Waals surface area contributed by atoms with Crippen molar-refractivity contribution in [3.8, 4) is 5.75 Å². The Morgan fingerprint density at radius 1 is 0.857 bits per heavy atom. The molecule has 1 fully saturated rings. The lowest BCUT2D eigenvalue weighted by molar-refractivity contribution is -0.114. The van der Waals surface area contributed by atoms with Crippen molar-refractivity contribution >= 4 is 23.4 Å². The van der Waals surface area contributed by atoms with Crippen LogP contribution in [-0.2, 0) is 4.79 Å². The first kappa shape index (κ1) is 19.4. The third kappa shape index (κ3) is 4.49. The monoisotopic (exact) mass is 381 g/mol. The smallest absolute Gasteiger partial charge is 0.254 e. The zero-order valence-corrected chi connectivity index (χ0v) is 16.0. The van der Waals surface area contributed by atoms with Gasteiger partial charge in [-0.15, -0.1) is 0 Å². The fourth-order valence-corrected chi connectivity index (χ4v) is 3.14. The van der Waals surface area contributed by atoms with Gasteiger partial charge in [0.1, 0.15) is 5.75 Å². The summed E-state index contributed by atoms with van der Waals surface area (Å²) in [5, 5.41) is 2.68. The predicted octanol–water partition coefficient (Wildman–Crippen LogP) is 2.25. The van der Waals surface area contributed by atoms with E-state index in [-0.39, 0.29) is 17.7 Å². The molecular weight excluding hydrogens is 358 g/mol. The van der Waals surface area contributed by atoms with Crippen molar-refractivity contribution in [2.75, 3.05) is 38.6 Å². The van der Waals surface area contributed by atoms with E-state index < -0.39 is 0 Å². The van der Waals surface area contributed by atoms with E-state index in [1.807, 2.05) is 0 Å². The van der Waals surface area contributed by atoms with Gasteiger partial charge in [0.2, 0.25) is 5.91 Å². The standard InChI is InChI=1S/C21H23N3O4/c1-15(25)22-18-5-3-4-17(14-18)21(27)24-12-10-23(11-13-24)20(26)16-6-8-19(28-2)9-7-16/h3-9,14H,10-13H2,1-2H3,(H,22,25). The Morgan fingerprint density at radius 2 is 1.43 bits per heavy atom. The number of rotatable bonds is 4. The largest absolute Gasteiger partial charge is 0.497 e. The van der Waals surface area contributed by atoms with Crippen LogP contribution in [0.25, 0.3) is 0 Å². The first-order valence-corrected chi connectivity index (χ1v) is 9.08. The molecule has 146 valence electrons. The number of anilines is 1. The molecule has 0 bridgehead atoms. The molecule has 7 heteroatoms. The summed E-state index contributed by atoms with van der Waals surface area (Å²) in [6, 6.07) is 13.9. The Morgan fingerprint density at radius 3 is 1.96 bits per heavy atom. The molecule has 0 aromatic heterocycles. The molecule has 0 atom stereocenters. The molecule has 7 nitrogen and oxygen atoms in total. The van der Waals surface area contributed by atoms with Crippen LogP contribution in [0.2, 0.25) is 0 Å². The summed E-state index contributed by atoms with van der Waals surface area (Å²) in [6.07, 6.45) is 0. The van der Waals surface area contributed by atoms with Gasteiger partial charge in [0.25, 0.3) is 11.8 Å². The van der Waals surface area contributed by atoms with Gasteiger partial charge in [0.05, 0.1) is 7.11 Å². The maximum atomic E-state index is 12.8. The fourth-order valence-electron chi connectivity index (χ4n) is 3.14. The van der Waals surface area contributed by atoms with Gasteiger partial charge in [0, 0.05) is 49.9 Å². The fraction of sp³-hybridized carbons (Fsp3) is 0.286. The van der Waals surface area contributed by atoms with Crippen LogP contribution in [0.3, 0.4) is 0 Å². The number of carbonyl (C=O) groups excluding carboxylic acids is 3. The number of nitrogens with zero attached hydrogens (tertiary/aromatic N) is 2. The number of amides is 3. The number of nitrogens with one attached hydrogen (secondary N) is 1. The minimum absolute atomic E-state index is 0.0533. The van der Waals surface area contributed by atoms with E-state index >= 15 is 0 Å². The molecule has 1 aliphatic heterocycles. The van der Waals surface area contributed by atoms with Gasteiger partial charge in [-0.25, -0.2) is 0 Å². The van der Waals surface area contributed by atoms with Gasteiger partial charge in [-0.2, -0.15) is 0 Å². The van der Waals surface area contributed by atoms with E-state index in [2.05, 4.69) is 5.32 Å². The molecule has 0 aliphatic carbocycles. The van der Waals surface area contributed by atoms with Gasteiger partial charge >= 0.3 is 0 Å². The number of piperazine rings is 1. The molecule has 1 heterocycles. The maximum absolute atomic E-state index is 12.8. The second kappa shape index (κ2) is 8.56. The highest BCUT2D eigenvalue weighted by molar-refractivity contribution is 5.97. The number of carbonyl (C=O) groups is 3. The number of methoxy groups -OCH3 is 1. The second-order valence-corrected chi connectivity index (χ2v) is 6.57. The SMILES string of the molecule is COc1ccc(C(=O)N2CCN(C(=O)c3cccc(NC(C)=O)c3)CC2)cc1. The van der Waals surface area contributed by atoms with Gasteiger partial charge in [-0.05, 0) is 42.5 Å². The van der Waals surface area contributed by atoms with Gasteiger partial charge in [0.15, 0.2) is 0 Å². The Balaban J connectivity index is 1.60. The Kier molecular flexibility index (Phi) is 5.93. The maximum Gasteiger partial charge on any atom is 0.254 e. The molecule has 1 aliphatic rings. The summed E-state index contributed by atoms with van der Waals surface area (Å²) < 4.78 is 5.11. The van der Waals surface area contributed by atoms with E-state index in [9.17, 15) is 14.4 Å². The first-order valence-electron chi connectivity index (χ1n) is 9.08. The molecular formula is C21H23N3O4. The zero-order valence-electron chi connectivity index (χ0n) is 16.0. The van der Waals surface area contributed by atoms with Crippen LogP contribution in [0.15, 0.2) is 48.5 Å². The quantitative estimate of drug-likeness (QED) is 0.881. The predicted molar refractivity (Wildman–Crippen MR) is 106 cm³/mol. The van der Waals surface area contributed by atoms with Crippen LogP contribution in [0.1, 0.15) is 27.6 Å². The molecule has 1 N–H and O–H groups in total. The Labute approximate surface area is 163 Å². The van der Waals surface area contributed by atoms with Crippen molar-refractivity contribution in [2.24, 2.45) is 0 Å². The highest BCUT2D eigenvalue weighted by atomic mass is 16.5. The van der Waals surface area contributed by atoms with Crippen LogP contribution < -0.4 is 10.1 Å². The van der Waals surface area contributed by atoms with Crippen molar-refractivity contribution < 1.29 is 19.1 Å².